The van der Waals surface area contributed by atoms with Crippen molar-refractivity contribution in [1.82, 2.24) is 0 Å². The first kappa shape index (κ1) is 13.0. The van der Waals surface area contributed by atoms with Crippen LogP contribution in [0.4, 0.5) is 5.69 Å². The summed E-state index contributed by atoms with van der Waals surface area (Å²) in [4.78, 5) is 2.21. The topological polar surface area (TPSA) is 38.5 Å². The van der Waals surface area contributed by atoms with Crippen molar-refractivity contribution in [1.29, 1.82) is 0 Å². The predicted octanol–water partition coefficient (Wildman–Crippen LogP) is 1.71. The molecule has 0 atom stereocenters. The minimum Gasteiger partial charge on any atom is -0.378 e. The Labute approximate surface area is 98.2 Å². The SMILES string of the molecule is Cc1ccc(N(C)CCOCCN)c(C)c1. The van der Waals surface area contributed by atoms with Crippen molar-refractivity contribution in [2.45, 2.75) is 13.8 Å². The fourth-order valence-electron chi connectivity index (χ4n) is 1.74. The number of nitrogens with two attached hydrogens (primary N) is 1. The third-order valence-electron chi connectivity index (χ3n) is 2.60. The quantitative estimate of drug-likeness (QED) is 0.745. The van der Waals surface area contributed by atoms with E-state index in [0.29, 0.717) is 13.2 Å². The first-order valence-corrected chi connectivity index (χ1v) is 5.71. The molecule has 0 aliphatic heterocycles. The lowest BCUT2D eigenvalue weighted by Crippen LogP contribution is -2.24. The van der Waals surface area contributed by atoms with E-state index >= 15 is 0 Å². The van der Waals surface area contributed by atoms with Crippen molar-refractivity contribution in [3.63, 3.8) is 0 Å². The molecule has 0 radical (unpaired) electrons. The number of aryl methyl sites for hydroxylation is 2. The van der Waals surface area contributed by atoms with Crippen LogP contribution in [-0.2, 0) is 4.74 Å². The Balaban J connectivity index is 2.49. The van der Waals surface area contributed by atoms with Gasteiger partial charge in [0.25, 0.3) is 0 Å². The third-order valence-corrected chi connectivity index (χ3v) is 2.60. The average molecular weight is 222 g/mol. The number of nitrogens with zero attached hydrogens (tertiary/aromatic N) is 1. The first-order chi connectivity index (χ1) is 7.65. The average Bonchev–Trinajstić information content (AvgIpc) is 2.24. The van der Waals surface area contributed by atoms with Gasteiger partial charge in [-0.05, 0) is 25.5 Å². The Morgan fingerprint density at radius 3 is 2.62 bits per heavy atom. The largest absolute Gasteiger partial charge is 0.378 e. The van der Waals surface area contributed by atoms with E-state index in [1.807, 2.05) is 0 Å². The summed E-state index contributed by atoms with van der Waals surface area (Å²) in [6.45, 7) is 7.10. The molecule has 0 unspecified atom stereocenters. The molecule has 0 bridgehead atoms. The number of hydrogen-bond donors (Lipinski definition) is 1. The van der Waals surface area contributed by atoms with Gasteiger partial charge in [-0.1, -0.05) is 17.7 Å². The van der Waals surface area contributed by atoms with Gasteiger partial charge in [-0.3, -0.25) is 0 Å². The van der Waals surface area contributed by atoms with Gasteiger partial charge >= 0.3 is 0 Å². The highest BCUT2D eigenvalue weighted by Crippen LogP contribution is 2.19. The zero-order valence-corrected chi connectivity index (χ0v) is 10.5. The molecule has 3 nitrogen and oxygen atoms in total. The number of hydrogen-bond acceptors (Lipinski definition) is 3. The van der Waals surface area contributed by atoms with Gasteiger partial charge in [0.2, 0.25) is 0 Å². The van der Waals surface area contributed by atoms with Crippen LogP contribution in [-0.4, -0.2) is 33.4 Å². The maximum absolute atomic E-state index is 5.37. The lowest BCUT2D eigenvalue weighted by atomic mass is 10.1. The first-order valence-electron chi connectivity index (χ1n) is 5.71. The Bertz CT molecular complexity index is 326. The van der Waals surface area contributed by atoms with Crippen LogP contribution in [0.5, 0.6) is 0 Å². The van der Waals surface area contributed by atoms with Gasteiger partial charge in [-0.15, -0.1) is 0 Å². The van der Waals surface area contributed by atoms with E-state index in [1.165, 1.54) is 16.8 Å². The summed E-state index contributed by atoms with van der Waals surface area (Å²) in [5, 5.41) is 0. The molecule has 1 aromatic rings. The Morgan fingerprint density at radius 2 is 2.00 bits per heavy atom. The Hall–Kier alpha value is -1.06. The van der Waals surface area contributed by atoms with Crippen molar-refractivity contribution in [2.75, 3.05) is 38.3 Å². The normalized spacial score (nSPS) is 10.5. The van der Waals surface area contributed by atoms with Crippen molar-refractivity contribution >= 4 is 5.69 Å². The lowest BCUT2D eigenvalue weighted by Gasteiger charge is -2.21. The number of anilines is 1. The van der Waals surface area contributed by atoms with E-state index in [0.717, 1.165) is 13.2 Å². The lowest BCUT2D eigenvalue weighted by molar-refractivity contribution is 0.148. The van der Waals surface area contributed by atoms with E-state index in [-0.39, 0.29) is 0 Å². The van der Waals surface area contributed by atoms with Crippen LogP contribution < -0.4 is 10.6 Å². The summed E-state index contributed by atoms with van der Waals surface area (Å²) in [7, 11) is 2.09. The second kappa shape index (κ2) is 6.51. The number of rotatable bonds is 6. The molecule has 3 heteroatoms. The molecular formula is C13H22N2O. The smallest absolute Gasteiger partial charge is 0.0642 e. The van der Waals surface area contributed by atoms with Crippen LogP contribution in [0.25, 0.3) is 0 Å². The highest BCUT2D eigenvalue weighted by atomic mass is 16.5. The molecule has 0 aromatic heterocycles. The van der Waals surface area contributed by atoms with Crippen LogP contribution in [0.2, 0.25) is 0 Å². The van der Waals surface area contributed by atoms with Gasteiger partial charge in [0.05, 0.1) is 13.2 Å². The zero-order valence-electron chi connectivity index (χ0n) is 10.5. The van der Waals surface area contributed by atoms with Gasteiger partial charge in [-0.25, -0.2) is 0 Å². The monoisotopic (exact) mass is 222 g/mol. The maximum Gasteiger partial charge on any atom is 0.0642 e. The van der Waals surface area contributed by atoms with Crippen LogP contribution in [0.3, 0.4) is 0 Å². The maximum atomic E-state index is 5.37. The summed E-state index contributed by atoms with van der Waals surface area (Å²) < 4.78 is 5.37. The molecule has 0 fully saturated rings. The molecule has 0 saturated carbocycles. The summed E-state index contributed by atoms with van der Waals surface area (Å²) in [5.41, 5.74) is 9.23. The van der Waals surface area contributed by atoms with E-state index in [9.17, 15) is 0 Å². The molecule has 90 valence electrons. The van der Waals surface area contributed by atoms with E-state index in [2.05, 4.69) is 44.0 Å². The van der Waals surface area contributed by atoms with E-state index in [1.54, 1.807) is 0 Å². The van der Waals surface area contributed by atoms with Crippen molar-refractivity contribution < 1.29 is 4.74 Å². The number of benzene rings is 1. The summed E-state index contributed by atoms with van der Waals surface area (Å²) in [6, 6.07) is 6.50. The standard InChI is InChI=1S/C13H22N2O/c1-11-4-5-13(12(2)10-11)15(3)7-9-16-8-6-14/h4-5,10H,6-9,14H2,1-3H3. The van der Waals surface area contributed by atoms with Crippen molar-refractivity contribution in [3.8, 4) is 0 Å². The minimum atomic E-state index is 0.591. The van der Waals surface area contributed by atoms with E-state index in [4.69, 9.17) is 10.5 Å². The van der Waals surface area contributed by atoms with Gasteiger partial charge in [0, 0.05) is 25.8 Å². The van der Waals surface area contributed by atoms with Gasteiger partial charge in [0.15, 0.2) is 0 Å². The van der Waals surface area contributed by atoms with E-state index < -0.39 is 0 Å². The Kier molecular flexibility index (Phi) is 5.29. The van der Waals surface area contributed by atoms with Crippen LogP contribution >= 0.6 is 0 Å². The Morgan fingerprint density at radius 1 is 1.25 bits per heavy atom. The van der Waals surface area contributed by atoms with Gasteiger partial charge in [0.1, 0.15) is 0 Å². The van der Waals surface area contributed by atoms with Crippen LogP contribution in [0, 0.1) is 13.8 Å². The molecule has 0 aliphatic rings. The zero-order chi connectivity index (χ0) is 12.0. The molecule has 1 aromatic carbocycles. The van der Waals surface area contributed by atoms with Gasteiger partial charge < -0.3 is 15.4 Å². The molecular weight excluding hydrogens is 200 g/mol. The molecule has 0 aliphatic carbocycles. The molecule has 0 spiro atoms. The van der Waals surface area contributed by atoms with Crippen LogP contribution in [0.1, 0.15) is 11.1 Å². The second-order valence-corrected chi connectivity index (χ2v) is 4.11. The second-order valence-electron chi connectivity index (χ2n) is 4.11. The number of ether oxygens (including phenoxy) is 1. The van der Waals surface area contributed by atoms with Crippen molar-refractivity contribution in [3.05, 3.63) is 29.3 Å². The molecule has 1 rings (SSSR count). The third kappa shape index (κ3) is 3.83. The summed E-state index contributed by atoms with van der Waals surface area (Å²) in [6.07, 6.45) is 0. The predicted molar refractivity (Wildman–Crippen MR) is 69.1 cm³/mol. The number of likely N-dealkylation sites (N-methyl/N-ethyl adjacent to an activating group) is 1. The molecule has 16 heavy (non-hydrogen) atoms. The van der Waals surface area contributed by atoms with Crippen molar-refractivity contribution in [2.24, 2.45) is 5.73 Å². The molecule has 0 saturated heterocycles. The summed E-state index contributed by atoms with van der Waals surface area (Å²) in [5.74, 6) is 0. The fourth-order valence-corrected chi connectivity index (χ4v) is 1.74. The highest BCUT2D eigenvalue weighted by Gasteiger charge is 2.03. The molecule has 0 amide bonds. The van der Waals surface area contributed by atoms with Gasteiger partial charge in [-0.2, -0.15) is 0 Å². The molecule has 2 N–H and O–H groups in total. The van der Waals surface area contributed by atoms with Crippen LogP contribution in [0.15, 0.2) is 18.2 Å². The highest BCUT2D eigenvalue weighted by molar-refractivity contribution is 5.53. The molecule has 0 heterocycles. The summed E-state index contributed by atoms with van der Waals surface area (Å²) >= 11 is 0. The minimum absolute atomic E-state index is 0.591. The fraction of sp³-hybridized carbons (Fsp3) is 0.538.